The number of likely N-dealkylation sites (tertiary alicyclic amines) is 1. The summed E-state index contributed by atoms with van der Waals surface area (Å²) in [6, 6.07) is 9.95. The monoisotopic (exact) mass is 379 g/mol. The van der Waals surface area contributed by atoms with E-state index in [2.05, 4.69) is 24.2 Å². The number of amides is 1. The first-order valence-electron chi connectivity index (χ1n) is 10.5. The van der Waals surface area contributed by atoms with Crippen molar-refractivity contribution in [3.63, 3.8) is 0 Å². The zero-order valence-corrected chi connectivity index (χ0v) is 16.7. The number of fused-ring (bicyclic) bond motifs is 1. The highest BCUT2D eigenvalue weighted by molar-refractivity contribution is 5.78. The summed E-state index contributed by atoms with van der Waals surface area (Å²) in [5.41, 5.74) is 4.54. The molecule has 5 heteroatoms. The van der Waals surface area contributed by atoms with Crippen LogP contribution in [0.15, 0.2) is 35.1 Å². The largest absolute Gasteiger partial charge is 0.342 e. The maximum Gasteiger partial charge on any atom is 0.267 e. The molecule has 2 heterocycles. The van der Waals surface area contributed by atoms with Gasteiger partial charge in [-0.25, -0.2) is 4.68 Å². The molecule has 4 rings (SSSR count). The average Bonchev–Trinajstić information content (AvgIpc) is 2.69. The lowest BCUT2D eigenvalue weighted by Crippen LogP contribution is -2.41. The number of aromatic nitrogens is 2. The first-order chi connectivity index (χ1) is 13.6. The number of aryl methyl sites for hydroxylation is 3. The average molecular weight is 380 g/mol. The van der Waals surface area contributed by atoms with E-state index in [1.807, 2.05) is 17.0 Å². The Hall–Kier alpha value is -2.43. The van der Waals surface area contributed by atoms with Crippen LogP contribution in [0.4, 0.5) is 0 Å². The van der Waals surface area contributed by atoms with E-state index in [9.17, 15) is 9.59 Å². The summed E-state index contributed by atoms with van der Waals surface area (Å²) < 4.78 is 1.67. The molecule has 0 unspecified atom stereocenters. The summed E-state index contributed by atoms with van der Waals surface area (Å²) in [5, 5.41) is 4.65. The lowest BCUT2D eigenvalue weighted by atomic mass is 9.95. The molecule has 0 radical (unpaired) electrons. The van der Waals surface area contributed by atoms with E-state index in [4.69, 9.17) is 0 Å². The molecule has 1 aliphatic heterocycles. The molecule has 0 atom stereocenters. The molecule has 0 saturated carbocycles. The van der Waals surface area contributed by atoms with Crippen LogP contribution in [0.2, 0.25) is 0 Å². The maximum atomic E-state index is 12.6. The van der Waals surface area contributed by atoms with Crippen LogP contribution >= 0.6 is 0 Å². The van der Waals surface area contributed by atoms with E-state index in [1.165, 1.54) is 12.0 Å². The highest BCUT2D eigenvalue weighted by Crippen LogP contribution is 2.21. The van der Waals surface area contributed by atoms with Crippen LogP contribution in [-0.2, 0) is 30.6 Å². The van der Waals surface area contributed by atoms with E-state index < -0.39 is 0 Å². The number of carbonyl (C=O) groups is 1. The Kier molecular flexibility index (Phi) is 5.60. The van der Waals surface area contributed by atoms with E-state index in [0.717, 1.165) is 62.0 Å². The van der Waals surface area contributed by atoms with E-state index >= 15 is 0 Å². The number of hydrogen-bond acceptors (Lipinski definition) is 3. The quantitative estimate of drug-likeness (QED) is 0.821. The van der Waals surface area contributed by atoms with Gasteiger partial charge in [0.05, 0.1) is 12.1 Å². The molecule has 2 aliphatic rings. The number of piperidine rings is 1. The molecule has 28 heavy (non-hydrogen) atoms. The van der Waals surface area contributed by atoms with Crippen molar-refractivity contribution in [1.29, 1.82) is 0 Å². The lowest BCUT2D eigenvalue weighted by Gasteiger charge is -2.32. The van der Waals surface area contributed by atoms with Gasteiger partial charge in [-0.05, 0) is 62.5 Å². The third-order valence-electron chi connectivity index (χ3n) is 6.11. The molecule has 0 spiro atoms. The Morgan fingerprint density at radius 2 is 1.93 bits per heavy atom. The molecule has 1 saturated heterocycles. The van der Waals surface area contributed by atoms with Crippen molar-refractivity contribution in [2.75, 3.05) is 13.1 Å². The fourth-order valence-corrected chi connectivity index (χ4v) is 4.45. The number of hydrogen-bond donors (Lipinski definition) is 0. The lowest BCUT2D eigenvalue weighted by molar-refractivity contribution is -0.131. The van der Waals surface area contributed by atoms with Gasteiger partial charge in [-0.1, -0.05) is 29.8 Å². The first-order valence-corrected chi connectivity index (χ1v) is 10.5. The Labute approximate surface area is 166 Å². The molecule has 1 aliphatic carbocycles. The molecule has 1 aromatic carbocycles. The van der Waals surface area contributed by atoms with Gasteiger partial charge in [-0.2, -0.15) is 5.10 Å². The van der Waals surface area contributed by atoms with Crippen LogP contribution in [0.3, 0.4) is 0 Å². The third-order valence-corrected chi connectivity index (χ3v) is 6.11. The smallest absolute Gasteiger partial charge is 0.267 e. The van der Waals surface area contributed by atoms with Gasteiger partial charge in [0.25, 0.3) is 5.56 Å². The van der Waals surface area contributed by atoms with Crippen molar-refractivity contribution in [1.82, 2.24) is 14.7 Å². The second-order valence-electron chi connectivity index (χ2n) is 8.33. The SMILES string of the molecule is Cc1cccc(CC(=O)N2CCC(Cn3nc4c(cc3=O)CCCC4)CC2)c1. The number of carbonyl (C=O) groups excluding carboxylic acids is 1. The Balaban J connectivity index is 1.33. The minimum Gasteiger partial charge on any atom is -0.342 e. The molecule has 1 fully saturated rings. The minimum atomic E-state index is 0.0265. The van der Waals surface area contributed by atoms with Gasteiger partial charge in [0.1, 0.15) is 0 Å². The Bertz CT molecular complexity index is 910. The molecule has 0 bridgehead atoms. The van der Waals surface area contributed by atoms with Crippen LogP contribution in [0.25, 0.3) is 0 Å². The van der Waals surface area contributed by atoms with E-state index in [1.54, 1.807) is 10.7 Å². The molecule has 1 amide bonds. The van der Waals surface area contributed by atoms with Gasteiger partial charge in [-0.3, -0.25) is 9.59 Å². The summed E-state index contributed by atoms with van der Waals surface area (Å²) in [4.78, 5) is 27.0. The zero-order chi connectivity index (χ0) is 19.5. The minimum absolute atomic E-state index is 0.0265. The summed E-state index contributed by atoms with van der Waals surface area (Å²) in [6.07, 6.45) is 6.64. The third kappa shape index (κ3) is 4.34. The van der Waals surface area contributed by atoms with Crippen molar-refractivity contribution in [3.8, 4) is 0 Å². The molecule has 148 valence electrons. The van der Waals surface area contributed by atoms with Crippen molar-refractivity contribution in [3.05, 3.63) is 63.1 Å². The van der Waals surface area contributed by atoms with Gasteiger partial charge < -0.3 is 4.90 Å². The van der Waals surface area contributed by atoms with Crippen LogP contribution in [0.1, 0.15) is 48.1 Å². The second-order valence-corrected chi connectivity index (χ2v) is 8.33. The predicted molar refractivity (Wildman–Crippen MR) is 109 cm³/mol. The number of nitrogens with zero attached hydrogens (tertiary/aromatic N) is 3. The Morgan fingerprint density at radius 1 is 1.14 bits per heavy atom. The summed E-state index contributed by atoms with van der Waals surface area (Å²) in [6.45, 7) is 4.27. The van der Waals surface area contributed by atoms with Crippen LogP contribution < -0.4 is 5.56 Å². The molecule has 1 aromatic heterocycles. The second kappa shape index (κ2) is 8.29. The molecule has 5 nitrogen and oxygen atoms in total. The molecular formula is C23H29N3O2. The van der Waals surface area contributed by atoms with Crippen LogP contribution in [0.5, 0.6) is 0 Å². The summed E-state index contributed by atoms with van der Waals surface area (Å²) in [7, 11) is 0. The van der Waals surface area contributed by atoms with Crippen molar-refractivity contribution in [2.24, 2.45) is 5.92 Å². The van der Waals surface area contributed by atoms with Gasteiger partial charge in [0, 0.05) is 25.7 Å². The van der Waals surface area contributed by atoms with Crippen molar-refractivity contribution in [2.45, 2.75) is 58.4 Å². The molecular weight excluding hydrogens is 350 g/mol. The fraction of sp³-hybridized carbons (Fsp3) is 0.522. The normalized spacial score (nSPS) is 17.4. The maximum absolute atomic E-state index is 12.6. The fourth-order valence-electron chi connectivity index (χ4n) is 4.45. The van der Waals surface area contributed by atoms with Gasteiger partial charge >= 0.3 is 0 Å². The van der Waals surface area contributed by atoms with E-state index in [0.29, 0.717) is 18.9 Å². The highest BCUT2D eigenvalue weighted by Gasteiger charge is 2.24. The summed E-state index contributed by atoms with van der Waals surface area (Å²) >= 11 is 0. The number of benzene rings is 1. The number of rotatable bonds is 4. The predicted octanol–water partition coefficient (Wildman–Crippen LogP) is 2.91. The standard InChI is InChI=1S/C23H29N3O2/c1-17-5-4-6-19(13-17)14-22(27)25-11-9-18(10-12-25)16-26-23(28)15-20-7-2-3-8-21(20)24-26/h4-6,13,15,18H,2-3,7-12,14,16H2,1H3. The molecule has 2 aromatic rings. The topological polar surface area (TPSA) is 55.2 Å². The van der Waals surface area contributed by atoms with Crippen LogP contribution in [-0.4, -0.2) is 33.7 Å². The molecule has 0 N–H and O–H groups in total. The van der Waals surface area contributed by atoms with Gasteiger partial charge in [0.2, 0.25) is 5.91 Å². The first kappa shape index (κ1) is 18.9. The van der Waals surface area contributed by atoms with Crippen molar-refractivity contribution >= 4 is 5.91 Å². The highest BCUT2D eigenvalue weighted by atomic mass is 16.2. The van der Waals surface area contributed by atoms with E-state index in [-0.39, 0.29) is 11.5 Å². The van der Waals surface area contributed by atoms with Gasteiger partial charge in [-0.15, -0.1) is 0 Å². The van der Waals surface area contributed by atoms with Crippen LogP contribution in [0, 0.1) is 12.8 Å². The van der Waals surface area contributed by atoms with Gasteiger partial charge in [0.15, 0.2) is 0 Å². The Morgan fingerprint density at radius 3 is 2.71 bits per heavy atom. The zero-order valence-electron chi connectivity index (χ0n) is 16.7. The summed E-state index contributed by atoms with van der Waals surface area (Å²) in [5.74, 6) is 0.614. The van der Waals surface area contributed by atoms with Crippen molar-refractivity contribution < 1.29 is 4.79 Å².